The molecular formula is C19H20INO3. The number of ether oxygens (including phenoxy) is 2. The molecule has 126 valence electrons. The van der Waals surface area contributed by atoms with Crippen LogP contribution in [0.25, 0.3) is 5.57 Å². The highest BCUT2D eigenvalue weighted by Gasteiger charge is 2.09. The second-order valence-corrected chi connectivity index (χ2v) is 6.59. The van der Waals surface area contributed by atoms with Gasteiger partial charge in [0.05, 0.1) is 14.2 Å². The van der Waals surface area contributed by atoms with E-state index in [1.54, 1.807) is 26.4 Å². The second kappa shape index (κ2) is 8.19. The molecule has 2 aromatic rings. The lowest BCUT2D eigenvalue weighted by molar-refractivity contribution is -0.111. The molecule has 1 N–H and O–H groups in total. The van der Waals surface area contributed by atoms with Gasteiger partial charge in [-0.05, 0) is 77.9 Å². The monoisotopic (exact) mass is 437 g/mol. The van der Waals surface area contributed by atoms with Gasteiger partial charge in [-0.2, -0.15) is 0 Å². The van der Waals surface area contributed by atoms with E-state index in [0.717, 1.165) is 26.0 Å². The molecule has 0 radical (unpaired) electrons. The maximum Gasteiger partial charge on any atom is 0.248 e. The smallest absolute Gasteiger partial charge is 0.248 e. The molecule has 0 saturated carbocycles. The Morgan fingerprint density at radius 1 is 1.12 bits per heavy atom. The number of hydrogen-bond donors (Lipinski definition) is 1. The Morgan fingerprint density at radius 3 is 2.50 bits per heavy atom. The number of methoxy groups -OCH3 is 2. The number of amides is 1. The summed E-state index contributed by atoms with van der Waals surface area (Å²) in [6, 6.07) is 11.4. The first-order valence-electron chi connectivity index (χ1n) is 7.42. The first-order valence-corrected chi connectivity index (χ1v) is 8.50. The predicted molar refractivity (Wildman–Crippen MR) is 106 cm³/mol. The molecule has 2 rings (SSSR count). The summed E-state index contributed by atoms with van der Waals surface area (Å²) in [6.07, 6.45) is 1.57. The van der Waals surface area contributed by atoms with Gasteiger partial charge in [-0.3, -0.25) is 4.79 Å². The molecule has 4 nitrogen and oxygen atoms in total. The zero-order valence-electron chi connectivity index (χ0n) is 14.1. The molecule has 0 aliphatic carbocycles. The highest BCUT2D eigenvalue weighted by Crippen LogP contribution is 2.30. The van der Waals surface area contributed by atoms with E-state index in [1.807, 2.05) is 44.2 Å². The summed E-state index contributed by atoms with van der Waals surface area (Å²) in [6.45, 7) is 3.85. The quantitative estimate of drug-likeness (QED) is 0.547. The normalized spacial score (nSPS) is 11.1. The first-order chi connectivity index (χ1) is 11.4. The minimum absolute atomic E-state index is 0.172. The zero-order valence-corrected chi connectivity index (χ0v) is 16.3. The number of anilines is 1. The number of allylic oxidation sites excluding steroid dienone is 1. The molecule has 5 heteroatoms. The van der Waals surface area contributed by atoms with Gasteiger partial charge in [0.25, 0.3) is 0 Å². The van der Waals surface area contributed by atoms with Crippen molar-refractivity contribution in [2.24, 2.45) is 0 Å². The fourth-order valence-electron chi connectivity index (χ4n) is 2.33. The van der Waals surface area contributed by atoms with Crippen LogP contribution in [0.15, 0.2) is 42.5 Å². The lowest BCUT2D eigenvalue weighted by Gasteiger charge is -2.11. The lowest BCUT2D eigenvalue weighted by atomic mass is 10.1. The van der Waals surface area contributed by atoms with Crippen LogP contribution >= 0.6 is 22.6 Å². The van der Waals surface area contributed by atoms with Gasteiger partial charge in [-0.25, -0.2) is 0 Å². The van der Waals surface area contributed by atoms with E-state index in [1.165, 1.54) is 0 Å². The Kier molecular flexibility index (Phi) is 6.25. The standard InChI is InChI=1S/C19H20INO3/c1-12(16-7-6-15(23-3)11-18(16)24-4)10-19(22)21-17-8-5-14(20)9-13(17)2/h5-11H,1-4H3,(H,21,22)/b12-10+. The molecule has 0 unspecified atom stereocenters. The number of carbonyl (C=O) groups excluding carboxylic acids is 1. The van der Waals surface area contributed by atoms with Gasteiger partial charge < -0.3 is 14.8 Å². The summed E-state index contributed by atoms with van der Waals surface area (Å²) in [5, 5.41) is 2.91. The van der Waals surface area contributed by atoms with Gasteiger partial charge in [0.15, 0.2) is 0 Å². The van der Waals surface area contributed by atoms with E-state index in [0.29, 0.717) is 11.5 Å². The summed E-state index contributed by atoms with van der Waals surface area (Å²) in [7, 11) is 3.20. The van der Waals surface area contributed by atoms with Crippen molar-refractivity contribution < 1.29 is 14.3 Å². The number of benzene rings is 2. The van der Waals surface area contributed by atoms with Crippen molar-refractivity contribution in [2.45, 2.75) is 13.8 Å². The summed E-state index contributed by atoms with van der Waals surface area (Å²) in [5.74, 6) is 1.21. The summed E-state index contributed by atoms with van der Waals surface area (Å²) in [5.41, 5.74) is 3.51. The average molecular weight is 437 g/mol. The van der Waals surface area contributed by atoms with Gasteiger partial charge in [-0.1, -0.05) is 0 Å². The number of nitrogens with one attached hydrogen (secondary N) is 1. The maximum atomic E-state index is 12.3. The number of halogens is 1. The van der Waals surface area contributed by atoms with Crippen molar-refractivity contribution in [1.82, 2.24) is 0 Å². The van der Waals surface area contributed by atoms with Crippen LogP contribution in [0.3, 0.4) is 0 Å². The highest BCUT2D eigenvalue weighted by atomic mass is 127. The summed E-state index contributed by atoms with van der Waals surface area (Å²) < 4.78 is 11.7. The average Bonchev–Trinajstić information content (AvgIpc) is 2.56. The summed E-state index contributed by atoms with van der Waals surface area (Å²) >= 11 is 2.25. The fraction of sp³-hybridized carbons (Fsp3) is 0.211. The molecule has 0 aliphatic heterocycles. The molecule has 0 spiro atoms. The largest absolute Gasteiger partial charge is 0.497 e. The Morgan fingerprint density at radius 2 is 1.88 bits per heavy atom. The topological polar surface area (TPSA) is 47.6 Å². The fourth-order valence-corrected chi connectivity index (χ4v) is 2.98. The Bertz CT molecular complexity index is 784. The third kappa shape index (κ3) is 4.50. The van der Waals surface area contributed by atoms with Crippen LogP contribution < -0.4 is 14.8 Å². The molecular weight excluding hydrogens is 417 g/mol. The molecule has 0 aromatic heterocycles. The minimum Gasteiger partial charge on any atom is -0.497 e. The third-order valence-electron chi connectivity index (χ3n) is 3.63. The van der Waals surface area contributed by atoms with Gasteiger partial charge in [0.2, 0.25) is 5.91 Å². The Balaban J connectivity index is 2.22. The minimum atomic E-state index is -0.172. The van der Waals surface area contributed by atoms with Gasteiger partial charge >= 0.3 is 0 Å². The van der Waals surface area contributed by atoms with Crippen molar-refractivity contribution in [1.29, 1.82) is 0 Å². The third-order valence-corrected chi connectivity index (χ3v) is 4.30. The van der Waals surface area contributed by atoms with Gasteiger partial charge in [0.1, 0.15) is 11.5 Å². The van der Waals surface area contributed by atoms with E-state index in [4.69, 9.17) is 9.47 Å². The van der Waals surface area contributed by atoms with Crippen LogP contribution in [-0.4, -0.2) is 20.1 Å². The van der Waals surface area contributed by atoms with Crippen molar-refractivity contribution in [3.8, 4) is 11.5 Å². The van der Waals surface area contributed by atoms with E-state index in [-0.39, 0.29) is 5.91 Å². The van der Waals surface area contributed by atoms with E-state index in [9.17, 15) is 4.79 Å². The number of hydrogen-bond acceptors (Lipinski definition) is 3. The number of carbonyl (C=O) groups is 1. The number of rotatable bonds is 5. The van der Waals surface area contributed by atoms with Crippen LogP contribution in [0, 0.1) is 10.5 Å². The van der Waals surface area contributed by atoms with Gasteiger partial charge in [-0.15, -0.1) is 0 Å². The predicted octanol–water partition coefficient (Wildman–Crippen LogP) is 4.66. The lowest BCUT2D eigenvalue weighted by Crippen LogP contribution is -2.10. The second-order valence-electron chi connectivity index (χ2n) is 5.34. The molecule has 1 amide bonds. The van der Waals surface area contributed by atoms with E-state index < -0.39 is 0 Å². The summed E-state index contributed by atoms with van der Waals surface area (Å²) in [4.78, 5) is 12.3. The molecule has 0 aliphatic rings. The van der Waals surface area contributed by atoms with E-state index in [2.05, 4.69) is 27.9 Å². The van der Waals surface area contributed by atoms with E-state index >= 15 is 0 Å². The number of aryl methyl sites for hydroxylation is 1. The van der Waals surface area contributed by atoms with Crippen molar-refractivity contribution >= 4 is 39.8 Å². The first kappa shape index (κ1) is 18.3. The van der Waals surface area contributed by atoms with Crippen LogP contribution in [0.5, 0.6) is 11.5 Å². The van der Waals surface area contributed by atoms with Crippen LogP contribution in [0.1, 0.15) is 18.1 Å². The maximum absolute atomic E-state index is 12.3. The van der Waals surface area contributed by atoms with Crippen molar-refractivity contribution in [2.75, 3.05) is 19.5 Å². The Hall–Kier alpha value is -2.02. The molecule has 24 heavy (non-hydrogen) atoms. The molecule has 0 heterocycles. The van der Waals surface area contributed by atoms with Crippen LogP contribution in [0.2, 0.25) is 0 Å². The molecule has 2 aromatic carbocycles. The molecule has 0 saturated heterocycles. The van der Waals surface area contributed by atoms with Gasteiger partial charge in [0, 0.05) is 27.0 Å². The van der Waals surface area contributed by atoms with Crippen LogP contribution in [0.4, 0.5) is 5.69 Å². The zero-order chi connectivity index (χ0) is 17.7. The highest BCUT2D eigenvalue weighted by molar-refractivity contribution is 14.1. The van der Waals surface area contributed by atoms with Crippen molar-refractivity contribution in [3.63, 3.8) is 0 Å². The molecule has 0 bridgehead atoms. The molecule has 0 fully saturated rings. The Labute approximate surface area is 156 Å². The van der Waals surface area contributed by atoms with Crippen molar-refractivity contribution in [3.05, 3.63) is 57.2 Å². The molecule has 0 atom stereocenters. The van der Waals surface area contributed by atoms with Crippen LogP contribution in [-0.2, 0) is 4.79 Å². The SMILES string of the molecule is COc1ccc(/C(C)=C/C(=O)Nc2ccc(I)cc2C)c(OC)c1.